The number of rotatable bonds is 8. The van der Waals surface area contributed by atoms with Gasteiger partial charge in [-0.15, -0.1) is 0 Å². The van der Waals surface area contributed by atoms with E-state index >= 15 is 0 Å². The Bertz CT molecular complexity index is 1090. The van der Waals surface area contributed by atoms with Crippen LogP contribution in [0.25, 0.3) is 5.69 Å². The van der Waals surface area contributed by atoms with Gasteiger partial charge in [0.2, 0.25) is 0 Å². The molecule has 1 N–H and O–H groups in total. The first kappa shape index (κ1) is 24.1. The highest BCUT2D eigenvalue weighted by Gasteiger charge is 2.41. The van der Waals surface area contributed by atoms with Gasteiger partial charge in [-0.25, -0.2) is 9.48 Å². The molecule has 0 aliphatic rings. The first-order valence-corrected chi connectivity index (χ1v) is 10.0. The van der Waals surface area contributed by atoms with E-state index in [1.807, 2.05) is 19.0 Å². The van der Waals surface area contributed by atoms with E-state index < -0.39 is 29.3 Å². The summed E-state index contributed by atoms with van der Waals surface area (Å²) in [6, 6.07) is 8.78. The van der Waals surface area contributed by atoms with Crippen LogP contribution in [-0.4, -0.2) is 53.8 Å². The first-order chi connectivity index (χ1) is 15.6. The average molecular weight is 464 g/mol. The highest BCUT2D eigenvalue weighted by atomic mass is 19.4. The van der Waals surface area contributed by atoms with Crippen LogP contribution in [0.1, 0.15) is 45.1 Å². The summed E-state index contributed by atoms with van der Waals surface area (Å²) in [7, 11) is 3.70. The number of likely N-dealkylation sites (N-methyl/N-ethyl adjacent to an activating group) is 1. The summed E-state index contributed by atoms with van der Waals surface area (Å²) in [6.07, 6.45) is -2.48. The minimum absolute atomic E-state index is 0.0381. The zero-order chi connectivity index (χ0) is 24.2. The van der Waals surface area contributed by atoms with E-state index in [4.69, 9.17) is 9.15 Å². The lowest BCUT2D eigenvalue weighted by molar-refractivity contribution is -0.143. The zero-order valence-corrected chi connectivity index (χ0v) is 18.2. The number of nitrogens with zero attached hydrogens (tertiary/aromatic N) is 3. The lowest BCUT2D eigenvalue weighted by Crippen LogP contribution is -2.34. The summed E-state index contributed by atoms with van der Waals surface area (Å²) < 4.78 is 51.7. The number of alkyl halides is 3. The van der Waals surface area contributed by atoms with Crippen LogP contribution in [0.5, 0.6) is 0 Å². The molecule has 0 fully saturated rings. The van der Waals surface area contributed by atoms with Crippen molar-refractivity contribution < 1.29 is 31.9 Å². The number of aromatic nitrogens is 2. The SMILES string of the molecule is CCOC(=O)c1cnn(-c2ccc(C(=O)NC[C@@H](c3ccco3)N(C)C)cc2)c1C(F)(F)F. The largest absolute Gasteiger partial charge is 0.468 e. The van der Waals surface area contributed by atoms with Crippen molar-refractivity contribution in [3.63, 3.8) is 0 Å². The van der Waals surface area contributed by atoms with Crippen LogP contribution in [0.3, 0.4) is 0 Å². The normalized spacial score (nSPS) is 12.6. The van der Waals surface area contributed by atoms with Crippen LogP contribution in [0, 0.1) is 0 Å². The molecule has 11 heteroatoms. The molecule has 0 radical (unpaired) electrons. The number of ether oxygens (including phenoxy) is 1. The van der Waals surface area contributed by atoms with E-state index in [2.05, 4.69) is 10.4 Å². The van der Waals surface area contributed by atoms with E-state index in [-0.39, 0.29) is 30.4 Å². The Morgan fingerprint density at radius 2 is 1.91 bits per heavy atom. The van der Waals surface area contributed by atoms with E-state index in [0.717, 1.165) is 6.20 Å². The van der Waals surface area contributed by atoms with E-state index in [1.54, 1.807) is 18.4 Å². The molecule has 0 aliphatic heterocycles. The van der Waals surface area contributed by atoms with Gasteiger partial charge < -0.3 is 14.5 Å². The number of benzene rings is 1. The quantitative estimate of drug-likeness (QED) is 0.512. The van der Waals surface area contributed by atoms with Gasteiger partial charge in [0, 0.05) is 12.1 Å². The van der Waals surface area contributed by atoms with Gasteiger partial charge in [-0.3, -0.25) is 9.69 Å². The van der Waals surface area contributed by atoms with Crippen LogP contribution < -0.4 is 5.32 Å². The molecule has 0 spiro atoms. The molecule has 8 nitrogen and oxygen atoms in total. The minimum atomic E-state index is -4.85. The average Bonchev–Trinajstić information content (AvgIpc) is 3.44. The van der Waals surface area contributed by atoms with Crippen LogP contribution in [0.15, 0.2) is 53.3 Å². The fourth-order valence-electron chi connectivity index (χ4n) is 3.24. The molecule has 0 saturated carbocycles. The second-order valence-electron chi connectivity index (χ2n) is 7.29. The summed E-state index contributed by atoms with van der Waals surface area (Å²) in [4.78, 5) is 26.4. The molecule has 3 aromatic rings. The molecular formula is C22H23F3N4O4. The summed E-state index contributed by atoms with van der Waals surface area (Å²) in [6.45, 7) is 1.69. The van der Waals surface area contributed by atoms with Gasteiger partial charge in [-0.1, -0.05) is 0 Å². The molecule has 1 aromatic carbocycles. The number of nitrogens with one attached hydrogen (secondary N) is 1. The Kier molecular flexibility index (Phi) is 7.22. The molecule has 3 rings (SSSR count). The maximum absolute atomic E-state index is 13.6. The Labute approximate surface area is 187 Å². The Hall–Kier alpha value is -3.60. The number of esters is 1. The molecule has 0 saturated heterocycles. The fraction of sp³-hybridized carbons (Fsp3) is 0.318. The molecule has 176 valence electrons. The smallest absolute Gasteiger partial charge is 0.434 e. The number of halogens is 3. The van der Waals surface area contributed by atoms with Crippen molar-refractivity contribution in [3.8, 4) is 5.69 Å². The van der Waals surface area contributed by atoms with Gasteiger partial charge in [0.15, 0.2) is 5.69 Å². The van der Waals surface area contributed by atoms with Crippen LogP contribution >= 0.6 is 0 Å². The molecule has 1 atom stereocenters. The Balaban J connectivity index is 1.79. The number of hydrogen-bond acceptors (Lipinski definition) is 6. The van der Waals surface area contributed by atoms with Crippen molar-refractivity contribution in [2.24, 2.45) is 0 Å². The zero-order valence-electron chi connectivity index (χ0n) is 18.2. The predicted molar refractivity (Wildman–Crippen MR) is 112 cm³/mol. The van der Waals surface area contributed by atoms with Gasteiger partial charge in [-0.05, 0) is 57.4 Å². The molecule has 2 heterocycles. The highest BCUT2D eigenvalue weighted by molar-refractivity contribution is 5.94. The van der Waals surface area contributed by atoms with Crippen molar-refractivity contribution in [3.05, 3.63) is 71.4 Å². The third-order valence-electron chi connectivity index (χ3n) is 4.86. The molecule has 1 amide bonds. The van der Waals surface area contributed by atoms with Crippen molar-refractivity contribution in [2.75, 3.05) is 27.2 Å². The van der Waals surface area contributed by atoms with Gasteiger partial charge in [0.05, 0.1) is 30.8 Å². The molecular weight excluding hydrogens is 441 g/mol. The van der Waals surface area contributed by atoms with Crippen LogP contribution in [0.4, 0.5) is 13.2 Å². The number of hydrogen-bond donors (Lipinski definition) is 1. The van der Waals surface area contributed by atoms with Crippen LogP contribution in [-0.2, 0) is 10.9 Å². The maximum Gasteiger partial charge on any atom is 0.434 e. The highest BCUT2D eigenvalue weighted by Crippen LogP contribution is 2.34. The Morgan fingerprint density at radius 1 is 1.21 bits per heavy atom. The third-order valence-corrected chi connectivity index (χ3v) is 4.86. The fourth-order valence-corrected chi connectivity index (χ4v) is 3.24. The summed E-state index contributed by atoms with van der Waals surface area (Å²) >= 11 is 0. The van der Waals surface area contributed by atoms with Crippen molar-refractivity contribution in [2.45, 2.75) is 19.1 Å². The predicted octanol–water partition coefficient (Wildman–Crippen LogP) is 3.69. The number of carbonyl (C=O) groups is 2. The first-order valence-electron chi connectivity index (χ1n) is 10.0. The van der Waals surface area contributed by atoms with Crippen LogP contribution in [0.2, 0.25) is 0 Å². The summed E-state index contributed by atoms with van der Waals surface area (Å²) in [5.41, 5.74) is -1.64. The lowest BCUT2D eigenvalue weighted by atomic mass is 10.1. The maximum atomic E-state index is 13.6. The molecule has 0 unspecified atom stereocenters. The van der Waals surface area contributed by atoms with Gasteiger partial charge in [-0.2, -0.15) is 18.3 Å². The van der Waals surface area contributed by atoms with E-state index in [1.165, 1.54) is 31.2 Å². The number of amides is 1. The third kappa shape index (κ3) is 5.43. The second-order valence-corrected chi connectivity index (χ2v) is 7.29. The lowest BCUT2D eigenvalue weighted by Gasteiger charge is -2.22. The van der Waals surface area contributed by atoms with Gasteiger partial charge in [0.25, 0.3) is 5.91 Å². The van der Waals surface area contributed by atoms with Gasteiger partial charge in [0.1, 0.15) is 11.3 Å². The minimum Gasteiger partial charge on any atom is -0.468 e. The van der Waals surface area contributed by atoms with Crippen molar-refractivity contribution >= 4 is 11.9 Å². The van der Waals surface area contributed by atoms with Gasteiger partial charge >= 0.3 is 12.1 Å². The summed E-state index contributed by atoms with van der Waals surface area (Å²) in [5.74, 6) is -0.825. The monoisotopic (exact) mass is 464 g/mol. The van der Waals surface area contributed by atoms with Crippen molar-refractivity contribution in [1.82, 2.24) is 20.0 Å². The summed E-state index contributed by atoms with van der Waals surface area (Å²) in [5, 5.41) is 6.51. The van der Waals surface area contributed by atoms with Crippen molar-refractivity contribution in [1.29, 1.82) is 0 Å². The standard InChI is InChI=1S/C22H23F3N4O4/c1-4-32-21(31)16-12-27-29(19(16)22(23,24)25)15-9-7-14(8-10-15)20(30)26-13-17(28(2)3)18-6-5-11-33-18/h5-12,17H,4,13H2,1-3H3,(H,26,30)/t17-/m0/s1. The second kappa shape index (κ2) is 9.90. The molecule has 2 aromatic heterocycles. The topological polar surface area (TPSA) is 89.6 Å². The number of carbonyl (C=O) groups excluding carboxylic acids is 2. The van der Waals surface area contributed by atoms with E-state index in [0.29, 0.717) is 10.4 Å². The molecule has 0 aliphatic carbocycles. The van der Waals surface area contributed by atoms with E-state index in [9.17, 15) is 22.8 Å². The molecule has 33 heavy (non-hydrogen) atoms. The molecule has 0 bridgehead atoms. The Morgan fingerprint density at radius 3 is 2.45 bits per heavy atom. The number of furan rings is 1.